The summed E-state index contributed by atoms with van der Waals surface area (Å²) < 4.78 is 5.24. The number of carbonyl (C=O) groups excluding carboxylic acids is 3. The number of amides is 2. The number of thiophene rings is 1. The Morgan fingerprint density at radius 1 is 1.00 bits per heavy atom. The summed E-state index contributed by atoms with van der Waals surface area (Å²) >= 11 is 1.25. The molecule has 0 bridgehead atoms. The van der Waals surface area contributed by atoms with Crippen LogP contribution in [0.3, 0.4) is 0 Å². The van der Waals surface area contributed by atoms with Gasteiger partial charge in [-0.05, 0) is 51.0 Å². The van der Waals surface area contributed by atoms with Crippen LogP contribution in [0.2, 0.25) is 0 Å². The van der Waals surface area contributed by atoms with E-state index in [1.54, 1.807) is 18.9 Å². The summed E-state index contributed by atoms with van der Waals surface area (Å²) in [5.41, 5.74) is 3.70. The van der Waals surface area contributed by atoms with Crippen molar-refractivity contribution < 1.29 is 24.0 Å². The zero-order valence-corrected chi connectivity index (χ0v) is 20.8. The zero-order valence-electron chi connectivity index (χ0n) is 20.0. The van der Waals surface area contributed by atoms with E-state index in [1.165, 1.54) is 11.3 Å². The standard InChI is InChI=1S/C27H26N2O5S/c1-5-33-27(32)20-16(3)17(4)35-26(20)28-24(30)21-22(18-13-11-15(2)12-14-18)29(34-23(21)25(28)31)19-9-7-6-8-10-19/h6-14,21-23H,5H2,1-4H3. The lowest BCUT2D eigenvalue weighted by molar-refractivity contribution is -0.126. The van der Waals surface area contributed by atoms with Crippen molar-refractivity contribution in [1.29, 1.82) is 0 Å². The summed E-state index contributed by atoms with van der Waals surface area (Å²) in [4.78, 5) is 48.5. The van der Waals surface area contributed by atoms with Crippen LogP contribution in [-0.4, -0.2) is 30.5 Å². The summed E-state index contributed by atoms with van der Waals surface area (Å²) in [6, 6.07) is 16.8. The molecule has 0 aliphatic carbocycles. The topological polar surface area (TPSA) is 76.2 Å². The molecule has 2 fully saturated rings. The first-order valence-electron chi connectivity index (χ1n) is 11.6. The maximum atomic E-state index is 13.9. The Balaban J connectivity index is 1.59. The lowest BCUT2D eigenvalue weighted by atomic mass is 9.90. The fraction of sp³-hybridized carbons (Fsp3) is 0.296. The SMILES string of the molecule is CCOC(=O)c1c(N2C(=O)C3ON(c4ccccc4)C(c4ccc(C)cc4)C3C2=O)sc(C)c1C. The molecule has 5 rings (SSSR count). The van der Waals surface area contributed by atoms with Crippen molar-refractivity contribution in [2.75, 3.05) is 16.6 Å². The maximum absolute atomic E-state index is 13.9. The van der Waals surface area contributed by atoms with E-state index in [2.05, 4.69) is 0 Å². The molecule has 0 N–H and O–H groups in total. The second-order valence-electron chi connectivity index (χ2n) is 8.76. The lowest BCUT2D eigenvalue weighted by Crippen LogP contribution is -2.37. The molecule has 180 valence electrons. The van der Waals surface area contributed by atoms with Gasteiger partial charge in [-0.2, -0.15) is 0 Å². The number of aryl methyl sites for hydroxylation is 2. The van der Waals surface area contributed by atoms with Gasteiger partial charge in [0.25, 0.3) is 5.91 Å². The van der Waals surface area contributed by atoms with Crippen molar-refractivity contribution in [2.45, 2.75) is 39.8 Å². The molecule has 2 aromatic carbocycles. The molecule has 2 saturated heterocycles. The van der Waals surface area contributed by atoms with E-state index in [0.717, 1.165) is 26.6 Å². The molecule has 1 aromatic heterocycles. The Labute approximate surface area is 207 Å². The number of hydroxylamine groups is 1. The zero-order chi connectivity index (χ0) is 24.9. The first-order chi connectivity index (χ1) is 16.8. The molecule has 0 spiro atoms. The third-order valence-corrected chi connectivity index (χ3v) is 7.79. The average Bonchev–Trinajstić information content (AvgIpc) is 3.45. The normalized spacial score (nSPS) is 21.5. The Morgan fingerprint density at radius 2 is 1.69 bits per heavy atom. The Morgan fingerprint density at radius 3 is 2.34 bits per heavy atom. The Kier molecular flexibility index (Phi) is 5.94. The molecular formula is C27H26N2O5S. The summed E-state index contributed by atoms with van der Waals surface area (Å²) in [5, 5.41) is 1.98. The number of para-hydroxylation sites is 1. The van der Waals surface area contributed by atoms with Crippen molar-refractivity contribution in [3.8, 4) is 0 Å². The molecular weight excluding hydrogens is 464 g/mol. The molecule has 0 radical (unpaired) electrons. The van der Waals surface area contributed by atoms with Crippen LogP contribution in [-0.2, 0) is 19.2 Å². The fourth-order valence-electron chi connectivity index (χ4n) is 4.73. The van der Waals surface area contributed by atoms with Crippen LogP contribution in [0.1, 0.15) is 44.9 Å². The first-order valence-corrected chi connectivity index (χ1v) is 12.4. The number of anilines is 2. The number of imide groups is 1. The van der Waals surface area contributed by atoms with Crippen molar-refractivity contribution >= 4 is 39.8 Å². The third kappa shape index (κ3) is 3.73. The molecule has 8 heteroatoms. The number of fused-ring (bicyclic) bond motifs is 1. The van der Waals surface area contributed by atoms with E-state index < -0.39 is 29.9 Å². The highest BCUT2D eigenvalue weighted by molar-refractivity contribution is 7.17. The number of hydrogen-bond acceptors (Lipinski definition) is 7. The van der Waals surface area contributed by atoms with Gasteiger partial charge in [-0.3, -0.25) is 14.4 Å². The Hall–Kier alpha value is -3.49. The highest BCUT2D eigenvalue weighted by Gasteiger charge is 2.61. The number of nitrogens with zero attached hydrogens (tertiary/aromatic N) is 2. The largest absolute Gasteiger partial charge is 0.462 e. The van der Waals surface area contributed by atoms with Gasteiger partial charge in [0.2, 0.25) is 5.91 Å². The average molecular weight is 491 g/mol. The van der Waals surface area contributed by atoms with Gasteiger partial charge < -0.3 is 4.74 Å². The maximum Gasteiger partial charge on any atom is 0.341 e. The van der Waals surface area contributed by atoms with Crippen molar-refractivity contribution in [3.05, 3.63) is 81.7 Å². The van der Waals surface area contributed by atoms with Gasteiger partial charge in [0.15, 0.2) is 6.10 Å². The van der Waals surface area contributed by atoms with Crippen LogP contribution < -0.4 is 9.96 Å². The summed E-state index contributed by atoms with van der Waals surface area (Å²) in [7, 11) is 0. The minimum atomic E-state index is -0.994. The summed E-state index contributed by atoms with van der Waals surface area (Å²) in [6.07, 6.45) is -0.994. The molecule has 7 nitrogen and oxygen atoms in total. The number of carbonyl (C=O) groups is 3. The van der Waals surface area contributed by atoms with Gasteiger partial charge in [0.05, 0.1) is 23.9 Å². The van der Waals surface area contributed by atoms with E-state index >= 15 is 0 Å². The van der Waals surface area contributed by atoms with Gasteiger partial charge in [0, 0.05) is 4.88 Å². The van der Waals surface area contributed by atoms with Gasteiger partial charge >= 0.3 is 5.97 Å². The Bertz CT molecular complexity index is 1300. The second-order valence-corrected chi connectivity index (χ2v) is 9.97. The van der Waals surface area contributed by atoms with Crippen molar-refractivity contribution in [3.63, 3.8) is 0 Å². The highest BCUT2D eigenvalue weighted by Crippen LogP contribution is 2.49. The predicted octanol–water partition coefficient (Wildman–Crippen LogP) is 4.90. The van der Waals surface area contributed by atoms with Gasteiger partial charge in [-0.15, -0.1) is 11.3 Å². The van der Waals surface area contributed by atoms with E-state index in [1.807, 2.05) is 68.4 Å². The van der Waals surface area contributed by atoms with Gasteiger partial charge in [-0.25, -0.2) is 14.8 Å². The van der Waals surface area contributed by atoms with E-state index in [4.69, 9.17) is 9.57 Å². The van der Waals surface area contributed by atoms with Crippen molar-refractivity contribution in [1.82, 2.24) is 0 Å². The first kappa shape index (κ1) is 23.3. The number of hydrogen-bond donors (Lipinski definition) is 0. The number of ether oxygens (including phenoxy) is 1. The molecule has 0 saturated carbocycles. The van der Waals surface area contributed by atoms with Crippen LogP contribution in [0.5, 0.6) is 0 Å². The monoisotopic (exact) mass is 490 g/mol. The molecule has 3 heterocycles. The molecule has 2 aliphatic rings. The van der Waals surface area contributed by atoms with Crippen LogP contribution >= 0.6 is 11.3 Å². The van der Waals surface area contributed by atoms with Crippen LogP contribution in [0.15, 0.2) is 54.6 Å². The minimum Gasteiger partial charge on any atom is -0.462 e. The van der Waals surface area contributed by atoms with E-state index in [9.17, 15) is 14.4 Å². The minimum absolute atomic E-state index is 0.199. The van der Waals surface area contributed by atoms with Gasteiger partial charge in [0.1, 0.15) is 10.9 Å². The molecule has 3 atom stereocenters. The van der Waals surface area contributed by atoms with Gasteiger partial charge in [-0.1, -0.05) is 48.0 Å². The van der Waals surface area contributed by atoms with Crippen molar-refractivity contribution in [2.24, 2.45) is 5.92 Å². The number of rotatable bonds is 5. The molecule has 35 heavy (non-hydrogen) atoms. The fourth-order valence-corrected chi connectivity index (χ4v) is 5.88. The lowest BCUT2D eigenvalue weighted by Gasteiger charge is -2.28. The van der Waals surface area contributed by atoms with Crippen LogP contribution in [0.4, 0.5) is 10.7 Å². The van der Waals surface area contributed by atoms with Crippen LogP contribution in [0, 0.1) is 26.7 Å². The number of benzene rings is 2. The number of esters is 1. The summed E-state index contributed by atoms with van der Waals surface area (Å²) in [6.45, 7) is 7.58. The van der Waals surface area contributed by atoms with Crippen LogP contribution in [0.25, 0.3) is 0 Å². The molecule has 2 amide bonds. The van der Waals surface area contributed by atoms with E-state index in [0.29, 0.717) is 10.6 Å². The quantitative estimate of drug-likeness (QED) is 0.374. The molecule has 3 aromatic rings. The molecule has 3 unspecified atom stereocenters. The third-order valence-electron chi connectivity index (χ3n) is 6.59. The van der Waals surface area contributed by atoms with E-state index in [-0.39, 0.29) is 18.1 Å². The summed E-state index contributed by atoms with van der Waals surface area (Å²) in [5.74, 6) is -2.15. The highest BCUT2D eigenvalue weighted by atomic mass is 32.1. The predicted molar refractivity (Wildman–Crippen MR) is 133 cm³/mol. The molecule has 2 aliphatic heterocycles. The second kappa shape index (κ2) is 8.94. The smallest absolute Gasteiger partial charge is 0.341 e.